The Kier molecular flexibility index (Phi) is 5.71. The molecule has 1 aromatic rings. The number of unbranched alkanes of at least 4 members (excludes halogenated alkanes) is 3. The number of hydrogen-bond acceptors (Lipinski definition) is 2. The highest BCUT2D eigenvalue weighted by Crippen LogP contribution is 2.15. The molecule has 0 saturated heterocycles. The fourth-order valence-electron chi connectivity index (χ4n) is 1.57. The lowest BCUT2D eigenvalue weighted by molar-refractivity contribution is 0.563. The molecule has 82 valence electrons. The Labute approximate surface area is 92.2 Å². The summed E-state index contributed by atoms with van der Waals surface area (Å²) in [4.78, 5) is 4.25. The number of hydrogen-bond donors (Lipinski definition) is 1. The van der Waals surface area contributed by atoms with E-state index >= 15 is 0 Å². The molecular weight excluding hydrogens is 184 g/mol. The second-order valence-electron chi connectivity index (χ2n) is 3.79. The molecule has 0 bridgehead atoms. The van der Waals surface area contributed by atoms with Gasteiger partial charge in [0.25, 0.3) is 0 Å². The molecule has 0 fully saturated rings. The number of allylic oxidation sites excluding steroid dienone is 1. The Balaban J connectivity index is 2.19. The predicted molar refractivity (Wildman–Crippen MR) is 64.4 cm³/mol. The minimum absolute atomic E-state index is 0.0925. The molecule has 2 heteroatoms. The summed E-state index contributed by atoms with van der Waals surface area (Å²) >= 11 is 0. The van der Waals surface area contributed by atoms with Gasteiger partial charge in [-0.25, -0.2) is 0 Å². The molecule has 0 aliphatic heterocycles. The zero-order chi connectivity index (χ0) is 10.9. The first-order valence-electron chi connectivity index (χ1n) is 5.62. The number of pyridine rings is 1. The van der Waals surface area contributed by atoms with Crippen LogP contribution in [0.3, 0.4) is 0 Å². The SMILES string of the molecule is C=CCCCCCC(N)c1ccccn1. The van der Waals surface area contributed by atoms with Crippen LogP contribution in [0.15, 0.2) is 37.1 Å². The summed E-state index contributed by atoms with van der Waals surface area (Å²) in [5.74, 6) is 0. The second-order valence-corrected chi connectivity index (χ2v) is 3.79. The molecule has 0 aliphatic carbocycles. The third-order valence-electron chi connectivity index (χ3n) is 2.49. The fourth-order valence-corrected chi connectivity index (χ4v) is 1.57. The van der Waals surface area contributed by atoms with E-state index in [9.17, 15) is 0 Å². The second kappa shape index (κ2) is 7.18. The lowest BCUT2D eigenvalue weighted by Crippen LogP contribution is -2.11. The average Bonchev–Trinajstić information content (AvgIpc) is 2.30. The summed E-state index contributed by atoms with van der Waals surface area (Å²) < 4.78 is 0. The van der Waals surface area contributed by atoms with Gasteiger partial charge in [0.15, 0.2) is 0 Å². The van der Waals surface area contributed by atoms with Gasteiger partial charge in [0.05, 0.1) is 5.69 Å². The molecule has 1 unspecified atom stereocenters. The van der Waals surface area contributed by atoms with Crippen molar-refractivity contribution in [3.63, 3.8) is 0 Å². The van der Waals surface area contributed by atoms with E-state index in [1.54, 1.807) is 6.20 Å². The molecule has 1 aromatic heterocycles. The van der Waals surface area contributed by atoms with Crippen LogP contribution in [0, 0.1) is 0 Å². The van der Waals surface area contributed by atoms with Crippen molar-refractivity contribution >= 4 is 0 Å². The third kappa shape index (κ3) is 4.75. The number of nitrogens with zero attached hydrogens (tertiary/aromatic N) is 1. The zero-order valence-electron chi connectivity index (χ0n) is 9.23. The van der Waals surface area contributed by atoms with E-state index in [2.05, 4.69) is 11.6 Å². The monoisotopic (exact) mass is 204 g/mol. The highest BCUT2D eigenvalue weighted by atomic mass is 14.8. The summed E-state index contributed by atoms with van der Waals surface area (Å²) in [6.45, 7) is 3.71. The Hall–Kier alpha value is -1.15. The minimum atomic E-state index is 0.0925. The third-order valence-corrected chi connectivity index (χ3v) is 2.49. The molecule has 0 saturated carbocycles. The van der Waals surface area contributed by atoms with Crippen LogP contribution in [0.2, 0.25) is 0 Å². The molecule has 1 atom stereocenters. The van der Waals surface area contributed by atoms with E-state index < -0.39 is 0 Å². The first kappa shape index (κ1) is 11.9. The van der Waals surface area contributed by atoms with Crippen LogP contribution in [0.5, 0.6) is 0 Å². The Morgan fingerprint density at radius 3 is 2.87 bits per heavy atom. The van der Waals surface area contributed by atoms with Crippen LogP contribution in [0.25, 0.3) is 0 Å². The molecular formula is C13H20N2. The van der Waals surface area contributed by atoms with Crippen molar-refractivity contribution in [1.29, 1.82) is 0 Å². The van der Waals surface area contributed by atoms with Gasteiger partial charge in [-0.2, -0.15) is 0 Å². The summed E-state index contributed by atoms with van der Waals surface area (Å²) in [6.07, 6.45) is 9.52. The van der Waals surface area contributed by atoms with Gasteiger partial charge in [-0.1, -0.05) is 25.0 Å². The van der Waals surface area contributed by atoms with Gasteiger partial charge in [-0.15, -0.1) is 6.58 Å². The van der Waals surface area contributed by atoms with Crippen LogP contribution in [-0.2, 0) is 0 Å². The summed E-state index contributed by atoms with van der Waals surface area (Å²) in [7, 11) is 0. The average molecular weight is 204 g/mol. The van der Waals surface area contributed by atoms with E-state index in [1.165, 1.54) is 19.3 Å². The van der Waals surface area contributed by atoms with Crippen LogP contribution in [0.4, 0.5) is 0 Å². The number of aromatic nitrogens is 1. The summed E-state index contributed by atoms with van der Waals surface area (Å²) in [6, 6.07) is 5.99. The van der Waals surface area contributed by atoms with E-state index in [0.29, 0.717) is 0 Å². The van der Waals surface area contributed by atoms with Crippen molar-refractivity contribution in [1.82, 2.24) is 4.98 Å². The van der Waals surface area contributed by atoms with Crippen molar-refractivity contribution in [2.45, 2.75) is 38.1 Å². The molecule has 1 rings (SSSR count). The number of rotatable bonds is 7. The normalized spacial score (nSPS) is 12.3. The summed E-state index contributed by atoms with van der Waals surface area (Å²) in [5.41, 5.74) is 7.03. The first-order chi connectivity index (χ1) is 7.34. The molecule has 0 aromatic carbocycles. The van der Waals surface area contributed by atoms with Crippen molar-refractivity contribution in [2.24, 2.45) is 5.73 Å². The van der Waals surface area contributed by atoms with Crippen LogP contribution >= 0.6 is 0 Å². The van der Waals surface area contributed by atoms with Gasteiger partial charge >= 0.3 is 0 Å². The van der Waals surface area contributed by atoms with Crippen LogP contribution < -0.4 is 5.73 Å². The topological polar surface area (TPSA) is 38.9 Å². The van der Waals surface area contributed by atoms with Gasteiger partial charge in [-0.3, -0.25) is 4.98 Å². The molecule has 2 N–H and O–H groups in total. The molecule has 0 radical (unpaired) electrons. The maximum absolute atomic E-state index is 6.03. The maximum atomic E-state index is 6.03. The van der Waals surface area contributed by atoms with E-state index in [-0.39, 0.29) is 6.04 Å². The molecule has 0 amide bonds. The van der Waals surface area contributed by atoms with Gasteiger partial charge < -0.3 is 5.73 Å². The Bertz CT molecular complexity index is 269. The molecule has 15 heavy (non-hydrogen) atoms. The Morgan fingerprint density at radius 2 is 2.20 bits per heavy atom. The molecule has 0 spiro atoms. The van der Waals surface area contributed by atoms with Gasteiger partial charge in [0.1, 0.15) is 0 Å². The van der Waals surface area contributed by atoms with E-state index in [1.807, 2.05) is 24.3 Å². The van der Waals surface area contributed by atoms with Gasteiger partial charge in [0.2, 0.25) is 0 Å². The van der Waals surface area contributed by atoms with Crippen molar-refractivity contribution < 1.29 is 0 Å². The minimum Gasteiger partial charge on any atom is -0.323 e. The Morgan fingerprint density at radius 1 is 1.33 bits per heavy atom. The van der Waals surface area contributed by atoms with Crippen LogP contribution in [0.1, 0.15) is 43.8 Å². The van der Waals surface area contributed by atoms with Gasteiger partial charge in [-0.05, 0) is 31.4 Å². The largest absolute Gasteiger partial charge is 0.323 e. The highest BCUT2D eigenvalue weighted by Gasteiger charge is 2.05. The predicted octanol–water partition coefficient (Wildman–Crippen LogP) is 3.22. The fraction of sp³-hybridized carbons (Fsp3) is 0.462. The quantitative estimate of drug-likeness (QED) is 0.547. The van der Waals surface area contributed by atoms with Crippen molar-refractivity contribution in [2.75, 3.05) is 0 Å². The molecule has 1 heterocycles. The van der Waals surface area contributed by atoms with E-state index in [4.69, 9.17) is 5.73 Å². The number of nitrogens with two attached hydrogens (primary N) is 1. The van der Waals surface area contributed by atoms with Crippen molar-refractivity contribution in [3.8, 4) is 0 Å². The maximum Gasteiger partial charge on any atom is 0.0570 e. The van der Waals surface area contributed by atoms with Crippen molar-refractivity contribution in [3.05, 3.63) is 42.7 Å². The van der Waals surface area contributed by atoms with E-state index in [0.717, 1.165) is 18.5 Å². The standard InChI is InChI=1S/C13H20N2/c1-2-3-4-5-6-9-12(14)13-10-7-8-11-15-13/h2,7-8,10-12H,1,3-6,9,14H2. The summed E-state index contributed by atoms with van der Waals surface area (Å²) in [5, 5.41) is 0. The van der Waals surface area contributed by atoms with Crippen LogP contribution in [-0.4, -0.2) is 4.98 Å². The highest BCUT2D eigenvalue weighted by molar-refractivity contribution is 5.07. The zero-order valence-corrected chi connectivity index (χ0v) is 9.23. The molecule has 0 aliphatic rings. The lowest BCUT2D eigenvalue weighted by atomic mass is 10.0. The lowest BCUT2D eigenvalue weighted by Gasteiger charge is -2.09. The smallest absolute Gasteiger partial charge is 0.0570 e. The van der Waals surface area contributed by atoms with Gasteiger partial charge in [0, 0.05) is 12.2 Å². The molecule has 2 nitrogen and oxygen atoms in total. The first-order valence-corrected chi connectivity index (χ1v) is 5.62.